The van der Waals surface area contributed by atoms with Crippen molar-refractivity contribution >= 4 is 24.0 Å². The lowest BCUT2D eigenvalue weighted by Gasteiger charge is -2.23. The molecule has 2 N–H and O–H groups in total. The van der Waals surface area contributed by atoms with Crippen LogP contribution in [0.4, 0.5) is 5.69 Å². The van der Waals surface area contributed by atoms with Gasteiger partial charge in [0.25, 0.3) is 5.91 Å². The summed E-state index contributed by atoms with van der Waals surface area (Å²) in [6, 6.07) is 8.23. The number of rotatable bonds is 3. The lowest BCUT2D eigenvalue weighted by atomic mass is 9.86. The van der Waals surface area contributed by atoms with E-state index < -0.39 is 0 Å². The molecule has 1 aliphatic heterocycles. The van der Waals surface area contributed by atoms with Crippen molar-refractivity contribution in [2.24, 2.45) is 0 Å². The number of aromatic nitrogens is 3. The van der Waals surface area contributed by atoms with Crippen LogP contribution in [-0.2, 0) is 5.41 Å². The Balaban J connectivity index is 0.00000243. The Bertz CT molecular complexity index is 760. The van der Waals surface area contributed by atoms with Gasteiger partial charge in [0.05, 0.1) is 11.7 Å². The van der Waals surface area contributed by atoms with Crippen molar-refractivity contribution < 1.29 is 4.79 Å². The van der Waals surface area contributed by atoms with Crippen molar-refractivity contribution in [2.45, 2.75) is 52.0 Å². The second-order valence-corrected chi connectivity index (χ2v) is 7.70. The Labute approximate surface area is 161 Å². The van der Waals surface area contributed by atoms with E-state index in [9.17, 15) is 4.79 Å². The summed E-state index contributed by atoms with van der Waals surface area (Å²) in [5, 5.41) is 14.8. The molecular weight excluding hydrogens is 350 g/mol. The van der Waals surface area contributed by atoms with Crippen molar-refractivity contribution in [1.29, 1.82) is 0 Å². The predicted molar refractivity (Wildman–Crippen MR) is 106 cm³/mol. The van der Waals surface area contributed by atoms with Crippen molar-refractivity contribution in [1.82, 2.24) is 20.3 Å². The zero-order valence-corrected chi connectivity index (χ0v) is 16.7. The Morgan fingerprint density at radius 3 is 2.54 bits per heavy atom. The van der Waals surface area contributed by atoms with Gasteiger partial charge in [0.1, 0.15) is 0 Å². The van der Waals surface area contributed by atoms with Crippen LogP contribution in [0, 0.1) is 6.92 Å². The summed E-state index contributed by atoms with van der Waals surface area (Å²) >= 11 is 0. The van der Waals surface area contributed by atoms with Crippen LogP contribution in [0.25, 0.3) is 0 Å². The second-order valence-electron chi connectivity index (χ2n) is 7.70. The number of anilines is 1. The normalized spacial score (nSPS) is 15.4. The van der Waals surface area contributed by atoms with E-state index in [-0.39, 0.29) is 23.7 Å². The fourth-order valence-corrected chi connectivity index (χ4v) is 3.38. The number of amides is 1. The van der Waals surface area contributed by atoms with Crippen molar-refractivity contribution in [3.8, 4) is 0 Å². The van der Waals surface area contributed by atoms with E-state index in [0.717, 1.165) is 42.9 Å². The van der Waals surface area contributed by atoms with E-state index >= 15 is 0 Å². The number of nitrogens with zero attached hydrogens (tertiary/aromatic N) is 3. The fourth-order valence-electron chi connectivity index (χ4n) is 3.38. The second kappa shape index (κ2) is 8.18. The highest BCUT2D eigenvalue weighted by Crippen LogP contribution is 2.29. The Kier molecular flexibility index (Phi) is 6.42. The number of carbonyl (C=O) groups is 1. The number of hydrogen-bond donors (Lipinski definition) is 2. The minimum Gasteiger partial charge on any atom is -0.320 e. The number of nitrogens with one attached hydrogen (secondary N) is 2. The smallest absolute Gasteiger partial charge is 0.278 e. The van der Waals surface area contributed by atoms with Gasteiger partial charge in [-0.15, -0.1) is 17.5 Å². The quantitative estimate of drug-likeness (QED) is 0.858. The van der Waals surface area contributed by atoms with Gasteiger partial charge in [-0.25, -0.2) is 4.68 Å². The summed E-state index contributed by atoms with van der Waals surface area (Å²) in [7, 11) is 0. The van der Waals surface area contributed by atoms with E-state index in [1.54, 1.807) is 0 Å². The Morgan fingerprint density at radius 1 is 1.23 bits per heavy atom. The van der Waals surface area contributed by atoms with Gasteiger partial charge in [0.15, 0.2) is 5.69 Å². The van der Waals surface area contributed by atoms with Crippen molar-refractivity contribution in [3.63, 3.8) is 0 Å². The summed E-state index contributed by atoms with van der Waals surface area (Å²) in [5.41, 5.74) is 3.12. The van der Waals surface area contributed by atoms with Crippen LogP contribution < -0.4 is 10.6 Å². The van der Waals surface area contributed by atoms with Crippen molar-refractivity contribution in [3.05, 3.63) is 41.2 Å². The molecule has 0 unspecified atom stereocenters. The van der Waals surface area contributed by atoms with Crippen LogP contribution in [-0.4, -0.2) is 34.0 Å². The third kappa shape index (κ3) is 4.24. The molecule has 3 rings (SSSR count). The molecule has 2 heterocycles. The van der Waals surface area contributed by atoms with Gasteiger partial charge in [-0.05, 0) is 49.9 Å². The van der Waals surface area contributed by atoms with Crippen LogP contribution in [0.1, 0.15) is 61.4 Å². The van der Waals surface area contributed by atoms with Gasteiger partial charge in [-0.3, -0.25) is 4.79 Å². The number of hydrogen-bond acceptors (Lipinski definition) is 4. The lowest BCUT2D eigenvalue weighted by Crippen LogP contribution is -2.30. The average molecular weight is 378 g/mol. The molecule has 2 aromatic rings. The first kappa shape index (κ1) is 20.4. The topological polar surface area (TPSA) is 71.8 Å². The minimum atomic E-state index is -0.200. The predicted octanol–water partition coefficient (Wildman–Crippen LogP) is 3.48. The molecule has 0 saturated carbocycles. The molecule has 1 saturated heterocycles. The van der Waals surface area contributed by atoms with Crippen LogP contribution in [0.3, 0.4) is 0 Å². The molecule has 0 bridgehead atoms. The lowest BCUT2D eigenvalue weighted by molar-refractivity contribution is 0.102. The highest BCUT2D eigenvalue weighted by atomic mass is 35.5. The Morgan fingerprint density at radius 2 is 1.88 bits per heavy atom. The maximum Gasteiger partial charge on any atom is 0.278 e. The van der Waals surface area contributed by atoms with E-state index in [2.05, 4.69) is 41.7 Å². The molecule has 1 aliphatic rings. The first-order valence-corrected chi connectivity index (χ1v) is 8.91. The van der Waals surface area contributed by atoms with Gasteiger partial charge in [0, 0.05) is 5.69 Å². The summed E-state index contributed by atoms with van der Waals surface area (Å²) in [6.07, 6.45) is 2.02. The van der Waals surface area contributed by atoms with Gasteiger partial charge in [-0.1, -0.05) is 44.2 Å². The number of piperidine rings is 1. The van der Waals surface area contributed by atoms with Gasteiger partial charge in [-0.2, -0.15) is 0 Å². The molecule has 6 nitrogen and oxygen atoms in total. The standard InChI is InChI=1S/C19H27N5O.ClH/c1-13-17(22-23-24(13)14-9-11-20-12-10-14)18(25)21-16-8-6-5-7-15(16)19(2,3)4;/h5-8,14,20H,9-12H2,1-4H3,(H,21,25);1H. The largest absolute Gasteiger partial charge is 0.320 e. The van der Waals surface area contributed by atoms with E-state index in [1.807, 2.05) is 35.9 Å². The van der Waals surface area contributed by atoms with Gasteiger partial charge in [0.2, 0.25) is 0 Å². The monoisotopic (exact) mass is 377 g/mol. The third-order valence-electron chi connectivity index (χ3n) is 4.78. The summed E-state index contributed by atoms with van der Waals surface area (Å²) in [5.74, 6) is -0.200. The molecule has 7 heteroatoms. The third-order valence-corrected chi connectivity index (χ3v) is 4.78. The van der Waals surface area contributed by atoms with Gasteiger partial charge >= 0.3 is 0 Å². The molecule has 0 radical (unpaired) electrons. The molecule has 26 heavy (non-hydrogen) atoms. The van der Waals surface area contributed by atoms with Gasteiger partial charge < -0.3 is 10.6 Å². The summed E-state index contributed by atoms with van der Waals surface area (Å²) < 4.78 is 1.91. The first-order valence-electron chi connectivity index (χ1n) is 8.91. The molecular formula is C19H28ClN5O. The zero-order chi connectivity index (χ0) is 18.0. The van der Waals surface area contributed by atoms with Crippen LogP contribution in [0.2, 0.25) is 0 Å². The highest BCUT2D eigenvalue weighted by Gasteiger charge is 2.24. The summed E-state index contributed by atoms with van der Waals surface area (Å²) in [6.45, 7) is 10.3. The Hall–Kier alpha value is -1.92. The van der Waals surface area contributed by atoms with Crippen LogP contribution in [0.5, 0.6) is 0 Å². The fraction of sp³-hybridized carbons (Fsp3) is 0.526. The maximum absolute atomic E-state index is 12.8. The summed E-state index contributed by atoms with van der Waals surface area (Å²) in [4.78, 5) is 12.8. The number of carbonyl (C=O) groups excluding carboxylic acids is 1. The van der Waals surface area contributed by atoms with Crippen LogP contribution >= 0.6 is 12.4 Å². The van der Waals surface area contributed by atoms with Crippen molar-refractivity contribution in [2.75, 3.05) is 18.4 Å². The molecule has 0 aliphatic carbocycles. The molecule has 1 aromatic carbocycles. The highest BCUT2D eigenvalue weighted by molar-refractivity contribution is 6.04. The molecule has 1 aromatic heterocycles. The van der Waals surface area contributed by atoms with E-state index in [0.29, 0.717) is 11.7 Å². The zero-order valence-electron chi connectivity index (χ0n) is 15.9. The molecule has 0 spiro atoms. The first-order chi connectivity index (χ1) is 11.9. The molecule has 142 valence electrons. The number of benzene rings is 1. The molecule has 1 fully saturated rings. The molecule has 1 amide bonds. The number of para-hydroxylation sites is 1. The van der Waals surface area contributed by atoms with E-state index in [1.165, 1.54) is 0 Å². The number of halogens is 1. The molecule has 0 atom stereocenters. The SMILES string of the molecule is Cc1c(C(=O)Nc2ccccc2C(C)(C)C)nnn1C1CCNCC1.Cl. The van der Waals surface area contributed by atoms with E-state index in [4.69, 9.17) is 0 Å². The van der Waals surface area contributed by atoms with Crippen LogP contribution in [0.15, 0.2) is 24.3 Å². The maximum atomic E-state index is 12.8. The average Bonchev–Trinajstić information content (AvgIpc) is 2.97. The minimum absolute atomic E-state index is 0.